The van der Waals surface area contributed by atoms with E-state index < -0.39 is 6.03 Å². The number of ether oxygens (including phenoxy) is 1. The molecule has 1 saturated heterocycles. The van der Waals surface area contributed by atoms with Crippen molar-refractivity contribution in [2.45, 2.75) is 19.8 Å². The van der Waals surface area contributed by atoms with E-state index in [4.69, 9.17) is 4.74 Å². The average molecular weight is 351 g/mol. The van der Waals surface area contributed by atoms with Crippen LogP contribution in [0.15, 0.2) is 24.3 Å². The first-order valence-electron chi connectivity index (χ1n) is 7.80. The number of urea groups is 1. The molecule has 1 heterocycles. The number of nitrogens with zero attached hydrogens (tertiary/aromatic N) is 1. The monoisotopic (exact) mass is 351 g/mol. The maximum atomic E-state index is 11.6. The molecule has 0 spiro atoms. The summed E-state index contributed by atoms with van der Waals surface area (Å²) in [6, 6.07) is 7.33. The van der Waals surface area contributed by atoms with Gasteiger partial charge in [0.2, 0.25) is 5.91 Å². The summed E-state index contributed by atoms with van der Waals surface area (Å²) in [7, 11) is 0. The number of nitrogens with one attached hydrogen (secondary N) is 2. The molecular formula is C16H21N3O4S. The van der Waals surface area contributed by atoms with Crippen LogP contribution in [0, 0.1) is 0 Å². The second-order valence-corrected chi connectivity index (χ2v) is 6.14. The highest BCUT2D eigenvalue weighted by Crippen LogP contribution is 2.17. The molecule has 1 aliphatic rings. The highest BCUT2D eigenvalue weighted by Gasteiger charge is 2.29. The van der Waals surface area contributed by atoms with Crippen LogP contribution in [0.2, 0.25) is 0 Å². The van der Waals surface area contributed by atoms with Crippen LogP contribution in [-0.4, -0.2) is 47.7 Å². The number of thioether (sulfide) groups is 1. The minimum Gasteiger partial charge on any atom is -0.473 e. The number of benzene rings is 1. The molecule has 8 heteroatoms. The van der Waals surface area contributed by atoms with Crippen LogP contribution in [-0.2, 0) is 11.2 Å². The molecule has 1 aromatic rings. The van der Waals surface area contributed by atoms with Crippen LogP contribution in [0.25, 0.3) is 0 Å². The first-order chi connectivity index (χ1) is 11.6. The van der Waals surface area contributed by atoms with Gasteiger partial charge in [-0.25, -0.2) is 4.79 Å². The van der Waals surface area contributed by atoms with E-state index >= 15 is 0 Å². The maximum absolute atomic E-state index is 11.6. The van der Waals surface area contributed by atoms with Crippen molar-refractivity contribution in [1.82, 2.24) is 15.5 Å². The number of amides is 4. The molecule has 1 aromatic carbocycles. The van der Waals surface area contributed by atoms with Crippen molar-refractivity contribution < 1.29 is 19.1 Å². The highest BCUT2D eigenvalue weighted by atomic mass is 32.2. The van der Waals surface area contributed by atoms with E-state index in [1.54, 1.807) is 0 Å². The Morgan fingerprint density at radius 2 is 2.00 bits per heavy atom. The molecule has 0 atom stereocenters. The van der Waals surface area contributed by atoms with Crippen molar-refractivity contribution in [2.24, 2.45) is 0 Å². The van der Waals surface area contributed by atoms with Gasteiger partial charge in [-0.3, -0.25) is 14.5 Å². The molecule has 0 bridgehead atoms. The van der Waals surface area contributed by atoms with Crippen LogP contribution in [0.4, 0.5) is 9.59 Å². The zero-order valence-electron chi connectivity index (χ0n) is 13.5. The van der Waals surface area contributed by atoms with Crippen LogP contribution in [0.3, 0.4) is 0 Å². The number of imide groups is 1. The maximum Gasteiger partial charge on any atom is 0.317 e. The third kappa shape index (κ3) is 5.45. The summed E-state index contributed by atoms with van der Waals surface area (Å²) in [6.45, 7) is 2.55. The molecule has 0 saturated carbocycles. The highest BCUT2D eigenvalue weighted by molar-refractivity contribution is 8.14. The zero-order valence-corrected chi connectivity index (χ0v) is 14.4. The Bertz CT molecular complexity index is 575. The molecule has 24 heavy (non-hydrogen) atoms. The van der Waals surface area contributed by atoms with Crippen LogP contribution in [0.5, 0.6) is 5.75 Å². The molecule has 130 valence electrons. The largest absolute Gasteiger partial charge is 0.473 e. The minimum atomic E-state index is -0.413. The summed E-state index contributed by atoms with van der Waals surface area (Å²) in [4.78, 5) is 35.5. The summed E-state index contributed by atoms with van der Waals surface area (Å²) < 4.78 is 5.43. The topological polar surface area (TPSA) is 87.7 Å². The van der Waals surface area contributed by atoms with Crippen LogP contribution in [0.1, 0.15) is 18.9 Å². The number of hydrogen-bond acceptors (Lipinski definition) is 5. The summed E-state index contributed by atoms with van der Waals surface area (Å²) in [5.74, 6) is 0.637. The van der Waals surface area contributed by atoms with Gasteiger partial charge in [0, 0.05) is 13.1 Å². The Morgan fingerprint density at radius 3 is 2.62 bits per heavy atom. The zero-order chi connectivity index (χ0) is 17.4. The lowest BCUT2D eigenvalue weighted by molar-refractivity contribution is -0.124. The first-order valence-corrected chi connectivity index (χ1v) is 8.79. The molecule has 4 amide bonds. The van der Waals surface area contributed by atoms with E-state index in [-0.39, 0.29) is 36.7 Å². The molecule has 7 nitrogen and oxygen atoms in total. The summed E-state index contributed by atoms with van der Waals surface area (Å²) >= 11 is 0.977. The molecule has 2 N–H and O–H groups in total. The fourth-order valence-corrected chi connectivity index (χ4v) is 2.92. The summed E-state index contributed by atoms with van der Waals surface area (Å²) in [5.41, 5.74) is 1.25. The smallest absolute Gasteiger partial charge is 0.317 e. The second kappa shape index (κ2) is 9.17. The SMILES string of the molecule is CCCc1ccc(OCNC(=O)NCCN2C(=O)CSC2=O)cc1. The predicted molar refractivity (Wildman–Crippen MR) is 92.0 cm³/mol. The van der Waals surface area contributed by atoms with E-state index in [9.17, 15) is 14.4 Å². The van der Waals surface area contributed by atoms with Crippen LogP contribution < -0.4 is 15.4 Å². The van der Waals surface area contributed by atoms with Gasteiger partial charge >= 0.3 is 6.03 Å². The Kier molecular flexibility index (Phi) is 6.92. The Hall–Kier alpha value is -2.22. The van der Waals surface area contributed by atoms with Gasteiger partial charge in [-0.15, -0.1) is 0 Å². The van der Waals surface area contributed by atoms with Crippen molar-refractivity contribution in [3.63, 3.8) is 0 Å². The lowest BCUT2D eigenvalue weighted by Gasteiger charge is -2.13. The van der Waals surface area contributed by atoms with Crippen molar-refractivity contribution in [2.75, 3.05) is 25.6 Å². The number of aryl methyl sites for hydroxylation is 1. The molecule has 1 aliphatic heterocycles. The van der Waals surface area contributed by atoms with E-state index in [0.717, 1.165) is 29.5 Å². The minimum absolute atomic E-state index is 0.0381. The van der Waals surface area contributed by atoms with Gasteiger partial charge in [-0.1, -0.05) is 37.2 Å². The van der Waals surface area contributed by atoms with Gasteiger partial charge in [0.25, 0.3) is 5.24 Å². The first kappa shape index (κ1) is 18.1. The number of carbonyl (C=O) groups is 3. The number of rotatable bonds is 8. The average Bonchev–Trinajstić information content (AvgIpc) is 2.89. The molecular weight excluding hydrogens is 330 g/mol. The van der Waals surface area contributed by atoms with Crippen molar-refractivity contribution in [1.29, 1.82) is 0 Å². The molecule has 0 aliphatic carbocycles. The third-order valence-electron chi connectivity index (χ3n) is 3.40. The normalized spacial score (nSPS) is 14.0. The Labute approximate surface area is 145 Å². The van der Waals surface area contributed by atoms with Gasteiger partial charge < -0.3 is 15.4 Å². The summed E-state index contributed by atoms with van der Waals surface area (Å²) in [5, 5.41) is 4.86. The van der Waals surface area contributed by atoms with Crippen LogP contribution >= 0.6 is 11.8 Å². The predicted octanol–water partition coefficient (Wildman–Crippen LogP) is 1.97. The molecule has 0 radical (unpaired) electrons. The van der Waals surface area contributed by atoms with E-state index in [0.29, 0.717) is 5.75 Å². The van der Waals surface area contributed by atoms with Gasteiger partial charge in [-0.2, -0.15) is 0 Å². The quantitative estimate of drug-likeness (QED) is 0.699. The van der Waals surface area contributed by atoms with Crippen molar-refractivity contribution in [3.05, 3.63) is 29.8 Å². The lowest BCUT2D eigenvalue weighted by Crippen LogP contribution is -2.42. The molecule has 1 fully saturated rings. The Morgan fingerprint density at radius 1 is 1.25 bits per heavy atom. The van der Waals surface area contributed by atoms with Gasteiger partial charge in [-0.05, 0) is 24.1 Å². The number of hydrogen-bond donors (Lipinski definition) is 2. The molecule has 2 rings (SSSR count). The third-order valence-corrected chi connectivity index (χ3v) is 4.25. The fourth-order valence-electron chi connectivity index (χ4n) is 2.17. The lowest BCUT2D eigenvalue weighted by atomic mass is 10.1. The summed E-state index contributed by atoms with van der Waals surface area (Å²) in [6.07, 6.45) is 2.12. The Balaban J connectivity index is 1.61. The van der Waals surface area contributed by atoms with Crippen molar-refractivity contribution in [3.8, 4) is 5.75 Å². The van der Waals surface area contributed by atoms with E-state index in [1.165, 1.54) is 5.56 Å². The number of carbonyl (C=O) groups excluding carboxylic acids is 3. The molecule has 0 unspecified atom stereocenters. The molecule has 0 aromatic heterocycles. The van der Waals surface area contributed by atoms with Crippen molar-refractivity contribution >= 4 is 28.9 Å². The fraction of sp³-hybridized carbons (Fsp3) is 0.438. The van der Waals surface area contributed by atoms with Gasteiger partial charge in [0.05, 0.1) is 5.75 Å². The second-order valence-electron chi connectivity index (χ2n) is 5.22. The van der Waals surface area contributed by atoms with E-state index in [2.05, 4.69) is 17.6 Å². The van der Waals surface area contributed by atoms with E-state index in [1.807, 2.05) is 24.3 Å². The standard InChI is InChI=1S/C16H21N3O4S/c1-2-3-12-4-6-13(7-5-12)23-11-18-15(21)17-8-9-19-14(20)10-24-16(19)22/h4-7H,2-3,8-11H2,1H3,(H2,17,18,21). The van der Waals surface area contributed by atoms with Gasteiger partial charge in [0.1, 0.15) is 5.75 Å². The van der Waals surface area contributed by atoms with Gasteiger partial charge in [0.15, 0.2) is 6.73 Å².